The third-order valence-electron chi connectivity index (χ3n) is 3.88. The molecule has 4 nitrogen and oxygen atoms in total. The number of hydrogen-bond donors (Lipinski definition) is 0. The first-order valence-corrected chi connectivity index (χ1v) is 9.43. The van der Waals surface area contributed by atoms with Gasteiger partial charge in [-0.2, -0.15) is 0 Å². The topological polar surface area (TPSA) is 52.0 Å². The predicted octanol–water partition coefficient (Wildman–Crippen LogP) is 4.59. The van der Waals surface area contributed by atoms with E-state index in [1.165, 1.54) is 3.97 Å². The summed E-state index contributed by atoms with van der Waals surface area (Å²) < 4.78 is 27.8. The molecule has 0 fully saturated rings. The molecule has 0 N–H and O–H groups in total. The van der Waals surface area contributed by atoms with Crippen LogP contribution in [0.4, 0.5) is 0 Å². The average molecular weight is 369 g/mol. The van der Waals surface area contributed by atoms with Crippen LogP contribution >= 0.6 is 11.6 Å². The van der Waals surface area contributed by atoms with Crippen LogP contribution in [0.25, 0.3) is 22.4 Å². The number of fused-ring (bicyclic) bond motifs is 1. The van der Waals surface area contributed by atoms with Gasteiger partial charge in [0.15, 0.2) is 5.82 Å². The monoisotopic (exact) mass is 368 g/mol. The molecule has 0 unspecified atom stereocenters. The molecule has 3 aromatic carbocycles. The van der Waals surface area contributed by atoms with Gasteiger partial charge in [-0.05, 0) is 36.4 Å². The summed E-state index contributed by atoms with van der Waals surface area (Å²) in [6.45, 7) is 0. The lowest BCUT2D eigenvalue weighted by atomic mass is 10.2. The van der Waals surface area contributed by atoms with Crippen LogP contribution in [0.5, 0.6) is 0 Å². The van der Waals surface area contributed by atoms with Crippen molar-refractivity contribution in [2.24, 2.45) is 0 Å². The van der Waals surface area contributed by atoms with Crippen molar-refractivity contribution in [2.75, 3.05) is 0 Å². The quantitative estimate of drug-likeness (QED) is 0.531. The van der Waals surface area contributed by atoms with Crippen molar-refractivity contribution in [1.29, 1.82) is 0 Å². The first kappa shape index (κ1) is 15.9. The Bertz CT molecular complexity index is 1170. The third-order valence-corrected chi connectivity index (χ3v) is 5.84. The normalized spacial score (nSPS) is 11.7. The first-order chi connectivity index (χ1) is 12.1. The molecular formula is C19H13ClN2O2S. The van der Waals surface area contributed by atoms with Crippen molar-refractivity contribution >= 4 is 32.7 Å². The van der Waals surface area contributed by atoms with E-state index in [4.69, 9.17) is 11.6 Å². The zero-order chi connectivity index (χ0) is 17.4. The molecule has 1 aromatic heterocycles. The molecule has 25 heavy (non-hydrogen) atoms. The maximum absolute atomic E-state index is 13.3. The first-order valence-electron chi connectivity index (χ1n) is 7.61. The number of nitrogens with zero attached hydrogens (tertiary/aromatic N) is 2. The van der Waals surface area contributed by atoms with E-state index in [9.17, 15) is 8.42 Å². The van der Waals surface area contributed by atoms with Gasteiger partial charge in [-0.15, -0.1) is 0 Å². The van der Waals surface area contributed by atoms with Crippen molar-refractivity contribution in [2.45, 2.75) is 4.90 Å². The fourth-order valence-electron chi connectivity index (χ4n) is 2.75. The number of halogens is 1. The van der Waals surface area contributed by atoms with Gasteiger partial charge in [-0.25, -0.2) is 17.4 Å². The highest BCUT2D eigenvalue weighted by molar-refractivity contribution is 7.90. The van der Waals surface area contributed by atoms with Gasteiger partial charge in [-0.3, -0.25) is 0 Å². The van der Waals surface area contributed by atoms with Gasteiger partial charge in [0.25, 0.3) is 10.0 Å². The third kappa shape index (κ3) is 2.71. The second-order valence-corrected chi connectivity index (χ2v) is 7.74. The summed E-state index contributed by atoms with van der Waals surface area (Å²) >= 11 is 6.09. The van der Waals surface area contributed by atoms with Crippen LogP contribution in [-0.4, -0.2) is 17.4 Å². The molecule has 6 heteroatoms. The van der Waals surface area contributed by atoms with Crippen molar-refractivity contribution < 1.29 is 8.42 Å². The van der Waals surface area contributed by atoms with Gasteiger partial charge in [0.05, 0.1) is 15.9 Å². The molecule has 0 saturated carbocycles. The summed E-state index contributed by atoms with van der Waals surface area (Å²) in [6, 6.07) is 22.5. The van der Waals surface area contributed by atoms with E-state index >= 15 is 0 Å². The van der Waals surface area contributed by atoms with Crippen molar-refractivity contribution in [3.8, 4) is 11.4 Å². The lowest BCUT2D eigenvalue weighted by Gasteiger charge is -2.11. The van der Waals surface area contributed by atoms with Crippen molar-refractivity contribution in [3.63, 3.8) is 0 Å². The molecule has 0 saturated heterocycles. The fraction of sp³-hybridized carbons (Fsp3) is 0. The van der Waals surface area contributed by atoms with E-state index in [1.807, 2.05) is 6.07 Å². The van der Waals surface area contributed by atoms with Crippen LogP contribution in [0.15, 0.2) is 83.8 Å². The van der Waals surface area contributed by atoms with Crippen LogP contribution in [0.3, 0.4) is 0 Å². The molecule has 0 aliphatic heterocycles. The molecule has 0 amide bonds. The summed E-state index contributed by atoms with van der Waals surface area (Å²) in [5.41, 5.74) is 1.78. The second-order valence-electron chi connectivity index (χ2n) is 5.52. The Kier molecular flexibility index (Phi) is 3.82. The molecule has 0 aliphatic carbocycles. The fourth-order valence-corrected chi connectivity index (χ4v) is 4.44. The predicted molar refractivity (Wildman–Crippen MR) is 99.2 cm³/mol. The Morgan fingerprint density at radius 1 is 0.840 bits per heavy atom. The van der Waals surface area contributed by atoms with Gasteiger partial charge in [-0.1, -0.05) is 54.1 Å². The number of imidazole rings is 1. The van der Waals surface area contributed by atoms with Gasteiger partial charge in [0.2, 0.25) is 0 Å². The molecule has 0 spiro atoms. The Morgan fingerprint density at radius 3 is 2.32 bits per heavy atom. The molecule has 4 rings (SSSR count). The molecule has 124 valence electrons. The standard InChI is InChI=1S/C19H13ClN2O2S/c20-15-8-6-7-14(13-15)19-21-17-11-4-5-12-18(17)22(19)25(23,24)16-9-2-1-3-10-16/h1-13H. The van der Waals surface area contributed by atoms with E-state index in [0.717, 1.165) is 0 Å². The lowest BCUT2D eigenvalue weighted by Crippen LogP contribution is -2.14. The van der Waals surface area contributed by atoms with E-state index in [1.54, 1.807) is 72.8 Å². The molecule has 0 bridgehead atoms. The van der Waals surface area contributed by atoms with Crippen LogP contribution in [0, 0.1) is 0 Å². The lowest BCUT2D eigenvalue weighted by molar-refractivity contribution is 0.589. The number of para-hydroxylation sites is 2. The van der Waals surface area contributed by atoms with E-state index in [-0.39, 0.29) is 4.90 Å². The smallest absolute Gasteiger partial charge is 0.227 e. The highest BCUT2D eigenvalue weighted by Gasteiger charge is 2.24. The minimum absolute atomic E-state index is 0.210. The van der Waals surface area contributed by atoms with Gasteiger partial charge in [0, 0.05) is 10.6 Å². The van der Waals surface area contributed by atoms with Crippen molar-refractivity contribution in [3.05, 3.63) is 83.9 Å². The largest absolute Gasteiger partial charge is 0.269 e. The van der Waals surface area contributed by atoms with Crippen LogP contribution < -0.4 is 0 Å². The Balaban J connectivity index is 2.07. The maximum atomic E-state index is 13.3. The maximum Gasteiger partial charge on any atom is 0.269 e. The van der Waals surface area contributed by atoms with Gasteiger partial charge in [0.1, 0.15) is 0 Å². The van der Waals surface area contributed by atoms with Gasteiger partial charge >= 0.3 is 0 Å². The highest BCUT2D eigenvalue weighted by Crippen LogP contribution is 2.30. The van der Waals surface area contributed by atoms with Gasteiger partial charge < -0.3 is 0 Å². The van der Waals surface area contributed by atoms with Crippen LogP contribution in [0.2, 0.25) is 5.02 Å². The number of benzene rings is 3. The van der Waals surface area contributed by atoms with E-state index in [0.29, 0.717) is 27.4 Å². The molecule has 0 aliphatic rings. The van der Waals surface area contributed by atoms with Crippen molar-refractivity contribution in [1.82, 2.24) is 8.96 Å². The Morgan fingerprint density at radius 2 is 1.56 bits per heavy atom. The molecule has 4 aromatic rings. The summed E-state index contributed by atoms with van der Waals surface area (Å²) in [6.07, 6.45) is 0. The minimum atomic E-state index is -3.80. The summed E-state index contributed by atoms with van der Waals surface area (Å²) in [4.78, 5) is 4.75. The zero-order valence-electron chi connectivity index (χ0n) is 13.0. The summed E-state index contributed by atoms with van der Waals surface area (Å²) in [7, 11) is -3.80. The number of rotatable bonds is 3. The number of hydrogen-bond acceptors (Lipinski definition) is 3. The highest BCUT2D eigenvalue weighted by atomic mass is 35.5. The molecule has 1 heterocycles. The second kappa shape index (κ2) is 6.02. The SMILES string of the molecule is O=S(=O)(c1ccccc1)n1c(-c2cccc(Cl)c2)nc2ccccc21. The molecular weight excluding hydrogens is 356 g/mol. The zero-order valence-corrected chi connectivity index (χ0v) is 14.6. The van der Waals surface area contributed by atoms with E-state index < -0.39 is 10.0 Å². The molecule has 0 radical (unpaired) electrons. The minimum Gasteiger partial charge on any atom is -0.227 e. The Labute approximate surface area is 150 Å². The average Bonchev–Trinajstić information content (AvgIpc) is 3.03. The summed E-state index contributed by atoms with van der Waals surface area (Å²) in [5.74, 6) is 0.340. The van der Waals surface area contributed by atoms with Crippen LogP contribution in [0.1, 0.15) is 0 Å². The van der Waals surface area contributed by atoms with E-state index in [2.05, 4.69) is 4.98 Å². The van der Waals surface area contributed by atoms with Crippen LogP contribution in [-0.2, 0) is 10.0 Å². The summed E-state index contributed by atoms with van der Waals surface area (Å²) in [5, 5.41) is 0.521. The Hall–Kier alpha value is -2.63. The molecule has 0 atom stereocenters. The number of aromatic nitrogens is 2.